The molecule has 0 spiro atoms. The van der Waals surface area contributed by atoms with Gasteiger partial charge in [-0.1, -0.05) is 6.07 Å². The van der Waals surface area contributed by atoms with Crippen molar-refractivity contribution in [2.45, 2.75) is 11.4 Å². The highest BCUT2D eigenvalue weighted by molar-refractivity contribution is 7.89. The number of benzene rings is 2. The number of nitrogens with one attached hydrogen (secondary N) is 1. The second-order valence-electron chi connectivity index (χ2n) is 7.05. The quantitative estimate of drug-likeness (QED) is 0.374. The largest absolute Gasteiger partial charge is 0.493 e. The summed E-state index contributed by atoms with van der Waals surface area (Å²) in [6.07, 6.45) is 0. The van der Waals surface area contributed by atoms with E-state index in [-0.39, 0.29) is 55.7 Å². The van der Waals surface area contributed by atoms with E-state index in [0.717, 1.165) is 6.07 Å². The number of nitro benzene ring substituents is 1. The number of nitrogens with two attached hydrogens (primary N) is 1. The number of carbonyl (C=O) groups excluding carboxylic acids is 1. The fourth-order valence-corrected chi connectivity index (χ4v) is 4.62. The van der Waals surface area contributed by atoms with E-state index in [4.69, 9.17) is 19.9 Å². The summed E-state index contributed by atoms with van der Waals surface area (Å²) in [5, 5.41) is 14.6. The Morgan fingerprint density at radius 3 is 2.58 bits per heavy atom. The summed E-state index contributed by atoms with van der Waals surface area (Å²) in [5.41, 5.74) is 5.58. The number of primary amides is 1. The van der Waals surface area contributed by atoms with Crippen molar-refractivity contribution in [2.75, 3.05) is 45.3 Å². The molecule has 0 aromatic heterocycles. The Balaban J connectivity index is 1.78. The van der Waals surface area contributed by atoms with Crippen LogP contribution in [0.2, 0.25) is 0 Å². The molecule has 1 heterocycles. The van der Waals surface area contributed by atoms with Crippen LogP contribution in [0.5, 0.6) is 11.5 Å². The maximum absolute atomic E-state index is 12.8. The van der Waals surface area contributed by atoms with Gasteiger partial charge in [0.15, 0.2) is 18.1 Å². The van der Waals surface area contributed by atoms with Crippen molar-refractivity contribution in [2.24, 2.45) is 5.73 Å². The lowest BCUT2D eigenvalue weighted by Gasteiger charge is -2.26. The minimum Gasteiger partial charge on any atom is -0.493 e. The summed E-state index contributed by atoms with van der Waals surface area (Å²) in [5.74, 6) is 0.0508. The number of methoxy groups -OCH3 is 1. The lowest BCUT2D eigenvalue weighted by Crippen LogP contribution is -2.40. The van der Waals surface area contributed by atoms with E-state index < -0.39 is 20.9 Å². The molecule has 12 nitrogen and oxygen atoms in total. The summed E-state index contributed by atoms with van der Waals surface area (Å²) in [4.78, 5) is 21.7. The van der Waals surface area contributed by atoms with Crippen molar-refractivity contribution in [3.8, 4) is 11.5 Å². The molecule has 1 aliphatic heterocycles. The van der Waals surface area contributed by atoms with Crippen LogP contribution < -0.4 is 20.5 Å². The zero-order chi connectivity index (χ0) is 24.0. The Hall–Kier alpha value is -3.42. The van der Waals surface area contributed by atoms with Gasteiger partial charge in [-0.05, 0) is 29.8 Å². The van der Waals surface area contributed by atoms with E-state index in [1.54, 1.807) is 18.2 Å². The number of hydrogen-bond acceptors (Lipinski definition) is 9. The van der Waals surface area contributed by atoms with Crippen LogP contribution in [-0.4, -0.2) is 63.6 Å². The van der Waals surface area contributed by atoms with Gasteiger partial charge in [0.05, 0.1) is 30.1 Å². The van der Waals surface area contributed by atoms with Gasteiger partial charge in [-0.2, -0.15) is 4.31 Å². The Kier molecular flexibility index (Phi) is 7.68. The summed E-state index contributed by atoms with van der Waals surface area (Å²) >= 11 is 0. The van der Waals surface area contributed by atoms with Crippen LogP contribution in [0.25, 0.3) is 0 Å². The van der Waals surface area contributed by atoms with E-state index in [9.17, 15) is 23.3 Å². The average molecular weight is 480 g/mol. The standard InChI is InChI=1S/C20H24N4O8S/c1-30-19-10-14(2-5-18(19)32-13-20(21)25)12-22-16-4-3-15(11-17(16)24(26)27)33(28,29)23-6-8-31-9-7-23/h2-5,10-11,22H,6-9,12-13H2,1H3,(H2,21,25). The van der Waals surface area contributed by atoms with Gasteiger partial charge in [0.25, 0.3) is 11.6 Å². The molecular weight excluding hydrogens is 456 g/mol. The van der Waals surface area contributed by atoms with Crippen LogP contribution in [0.1, 0.15) is 5.56 Å². The highest BCUT2D eigenvalue weighted by atomic mass is 32.2. The molecule has 0 saturated carbocycles. The molecule has 178 valence electrons. The normalized spacial score (nSPS) is 14.5. The SMILES string of the molecule is COc1cc(CNc2ccc(S(=O)(=O)N3CCOCC3)cc2[N+](=O)[O-])ccc1OCC(N)=O. The first-order valence-electron chi connectivity index (χ1n) is 9.90. The molecule has 0 unspecified atom stereocenters. The summed E-state index contributed by atoms with van der Waals surface area (Å²) in [6, 6.07) is 8.68. The van der Waals surface area contributed by atoms with E-state index >= 15 is 0 Å². The summed E-state index contributed by atoms with van der Waals surface area (Å²) in [6.45, 7) is 0.810. The van der Waals surface area contributed by atoms with E-state index in [1.807, 2.05) is 0 Å². The van der Waals surface area contributed by atoms with Gasteiger partial charge in [-0.25, -0.2) is 8.42 Å². The molecule has 1 fully saturated rings. The molecule has 33 heavy (non-hydrogen) atoms. The van der Waals surface area contributed by atoms with Crippen molar-refractivity contribution in [3.05, 3.63) is 52.1 Å². The van der Waals surface area contributed by atoms with Gasteiger partial charge in [-0.15, -0.1) is 0 Å². The van der Waals surface area contributed by atoms with Gasteiger partial charge in [0.1, 0.15) is 5.69 Å². The van der Waals surface area contributed by atoms with Crippen molar-refractivity contribution in [3.63, 3.8) is 0 Å². The fourth-order valence-electron chi connectivity index (χ4n) is 3.20. The smallest absolute Gasteiger partial charge is 0.293 e. The maximum atomic E-state index is 12.8. The minimum absolute atomic E-state index is 0.153. The van der Waals surface area contributed by atoms with Crippen LogP contribution in [-0.2, 0) is 26.1 Å². The van der Waals surface area contributed by atoms with E-state index in [0.29, 0.717) is 17.1 Å². The Morgan fingerprint density at radius 2 is 1.94 bits per heavy atom. The predicted octanol–water partition coefficient (Wildman–Crippen LogP) is 1.10. The third-order valence-electron chi connectivity index (χ3n) is 4.85. The number of morpholine rings is 1. The van der Waals surface area contributed by atoms with Crippen LogP contribution >= 0.6 is 0 Å². The topological polar surface area (TPSA) is 163 Å². The average Bonchev–Trinajstić information content (AvgIpc) is 2.81. The first-order valence-corrected chi connectivity index (χ1v) is 11.3. The molecule has 3 N–H and O–H groups in total. The first-order chi connectivity index (χ1) is 15.7. The Labute approximate surface area is 190 Å². The zero-order valence-corrected chi connectivity index (χ0v) is 18.7. The number of rotatable bonds is 10. The molecule has 1 amide bonds. The van der Waals surface area contributed by atoms with Crippen molar-refractivity contribution < 1.29 is 32.3 Å². The van der Waals surface area contributed by atoms with Crippen LogP contribution in [0.3, 0.4) is 0 Å². The third kappa shape index (κ3) is 5.88. The number of carbonyl (C=O) groups is 1. The number of anilines is 1. The fraction of sp³-hybridized carbons (Fsp3) is 0.350. The third-order valence-corrected chi connectivity index (χ3v) is 6.75. The highest BCUT2D eigenvalue weighted by Gasteiger charge is 2.28. The zero-order valence-electron chi connectivity index (χ0n) is 17.9. The molecule has 13 heteroatoms. The van der Waals surface area contributed by atoms with E-state index in [2.05, 4.69) is 5.32 Å². The lowest BCUT2D eigenvalue weighted by molar-refractivity contribution is -0.384. The molecule has 0 bridgehead atoms. The molecule has 2 aromatic rings. The second-order valence-corrected chi connectivity index (χ2v) is 8.98. The van der Waals surface area contributed by atoms with Crippen molar-refractivity contribution in [1.82, 2.24) is 4.31 Å². The first kappa shape index (κ1) is 24.2. The van der Waals surface area contributed by atoms with Crippen LogP contribution in [0.4, 0.5) is 11.4 Å². The van der Waals surface area contributed by atoms with Gasteiger partial charge < -0.3 is 25.3 Å². The van der Waals surface area contributed by atoms with Crippen LogP contribution in [0, 0.1) is 10.1 Å². The molecule has 2 aromatic carbocycles. The van der Waals surface area contributed by atoms with Gasteiger partial charge >= 0.3 is 0 Å². The van der Waals surface area contributed by atoms with Gasteiger partial charge in [0, 0.05) is 25.7 Å². The molecule has 1 saturated heterocycles. The number of sulfonamides is 1. The predicted molar refractivity (Wildman–Crippen MR) is 118 cm³/mol. The lowest BCUT2D eigenvalue weighted by atomic mass is 10.2. The second kappa shape index (κ2) is 10.5. The van der Waals surface area contributed by atoms with Crippen LogP contribution in [0.15, 0.2) is 41.3 Å². The summed E-state index contributed by atoms with van der Waals surface area (Å²) < 4.78 is 42.6. The Morgan fingerprint density at radius 1 is 1.21 bits per heavy atom. The Bertz CT molecular complexity index is 1130. The van der Waals surface area contributed by atoms with Crippen molar-refractivity contribution >= 4 is 27.3 Å². The number of nitrogens with zero attached hydrogens (tertiary/aromatic N) is 2. The molecule has 3 rings (SSSR count). The molecule has 0 radical (unpaired) electrons. The van der Waals surface area contributed by atoms with Crippen molar-refractivity contribution in [1.29, 1.82) is 0 Å². The molecular formula is C20H24N4O8S. The highest BCUT2D eigenvalue weighted by Crippen LogP contribution is 2.31. The molecule has 1 aliphatic rings. The van der Waals surface area contributed by atoms with Gasteiger partial charge in [-0.3, -0.25) is 14.9 Å². The number of ether oxygens (including phenoxy) is 3. The summed E-state index contributed by atoms with van der Waals surface area (Å²) in [7, 11) is -2.44. The number of nitro groups is 1. The molecule has 0 aliphatic carbocycles. The monoisotopic (exact) mass is 480 g/mol. The minimum atomic E-state index is -3.87. The van der Waals surface area contributed by atoms with E-state index in [1.165, 1.54) is 23.5 Å². The number of hydrogen-bond donors (Lipinski definition) is 2. The molecule has 0 atom stereocenters. The number of amides is 1. The maximum Gasteiger partial charge on any atom is 0.293 e. The van der Waals surface area contributed by atoms with Gasteiger partial charge in [0.2, 0.25) is 10.0 Å².